The Balaban J connectivity index is 1.93. The van der Waals surface area contributed by atoms with Crippen LogP contribution in [-0.4, -0.2) is 47.6 Å². The lowest BCUT2D eigenvalue weighted by Gasteiger charge is -2.20. The molecule has 142 valence electrons. The van der Waals surface area contributed by atoms with Gasteiger partial charge in [0.1, 0.15) is 21.1 Å². The van der Waals surface area contributed by atoms with Crippen molar-refractivity contribution < 1.29 is 17.6 Å². The summed E-state index contributed by atoms with van der Waals surface area (Å²) in [6, 6.07) is 9.55. The maximum atomic E-state index is 12.2. The Hall–Kier alpha value is -2.87. The Labute approximate surface area is 157 Å². The summed E-state index contributed by atoms with van der Waals surface area (Å²) in [6.07, 6.45) is 4.12. The molecule has 2 heterocycles. The molecule has 0 aliphatic carbocycles. The molecule has 0 spiro atoms. The standard InChI is InChI=1S/C19H21N3O4S/c1-4-18(23)22(9-10-27(3,24)25)13-15-12-21(2)20-19(15)17-11-14-7-5-6-8-16(14)26-17/h4-8,11-12H,1,9-10,13H2,2-3H3. The summed E-state index contributed by atoms with van der Waals surface area (Å²) in [5.41, 5.74) is 2.13. The summed E-state index contributed by atoms with van der Waals surface area (Å²) in [5, 5.41) is 5.42. The first kappa shape index (κ1) is 18.9. The van der Waals surface area contributed by atoms with Crippen LogP contribution < -0.4 is 0 Å². The smallest absolute Gasteiger partial charge is 0.246 e. The van der Waals surface area contributed by atoms with Gasteiger partial charge in [0.2, 0.25) is 5.91 Å². The van der Waals surface area contributed by atoms with E-state index in [1.54, 1.807) is 17.9 Å². The van der Waals surface area contributed by atoms with Crippen molar-refractivity contribution in [3.8, 4) is 11.5 Å². The van der Waals surface area contributed by atoms with Gasteiger partial charge in [0.25, 0.3) is 0 Å². The number of sulfone groups is 1. The summed E-state index contributed by atoms with van der Waals surface area (Å²) in [5.74, 6) is 0.145. The first-order chi connectivity index (χ1) is 12.8. The summed E-state index contributed by atoms with van der Waals surface area (Å²) in [4.78, 5) is 13.6. The Morgan fingerprint density at radius 1 is 1.37 bits per heavy atom. The van der Waals surface area contributed by atoms with Gasteiger partial charge >= 0.3 is 0 Å². The zero-order valence-corrected chi connectivity index (χ0v) is 16.1. The second kappa shape index (κ2) is 7.40. The quantitative estimate of drug-likeness (QED) is 0.581. The van der Waals surface area contributed by atoms with E-state index in [2.05, 4.69) is 11.7 Å². The highest BCUT2D eigenvalue weighted by Gasteiger charge is 2.20. The average molecular weight is 387 g/mol. The predicted molar refractivity (Wildman–Crippen MR) is 104 cm³/mol. The van der Waals surface area contributed by atoms with Crippen LogP contribution in [0.1, 0.15) is 5.56 Å². The van der Waals surface area contributed by atoms with Gasteiger partial charge in [0.15, 0.2) is 5.76 Å². The van der Waals surface area contributed by atoms with Crippen molar-refractivity contribution in [2.75, 3.05) is 18.6 Å². The fourth-order valence-corrected chi connectivity index (χ4v) is 3.39. The third-order valence-corrected chi connectivity index (χ3v) is 5.07. The molecular weight excluding hydrogens is 366 g/mol. The normalized spacial score (nSPS) is 11.6. The summed E-state index contributed by atoms with van der Waals surface area (Å²) in [7, 11) is -1.41. The van der Waals surface area contributed by atoms with E-state index in [4.69, 9.17) is 4.42 Å². The lowest BCUT2D eigenvalue weighted by Crippen LogP contribution is -2.33. The molecule has 2 aromatic heterocycles. The highest BCUT2D eigenvalue weighted by molar-refractivity contribution is 7.90. The molecule has 0 atom stereocenters. The first-order valence-corrected chi connectivity index (χ1v) is 10.4. The van der Waals surface area contributed by atoms with E-state index in [1.807, 2.05) is 30.3 Å². The van der Waals surface area contributed by atoms with Crippen LogP contribution in [0.15, 0.2) is 53.6 Å². The number of amides is 1. The molecule has 0 aliphatic rings. The number of hydrogen-bond donors (Lipinski definition) is 0. The molecule has 3 aromatic rings. The van der Waals surface area contributed by atoms with Crippen molar-refractivity contribution in [1.29, 1.82) is 0 Å². The molecule has 7 nitrogen and oxygen atoms in total. The van der Waals surface area contributed by atoms with Crippen LogP contribution in [0.25, 0.3) is 22.4 Å². The van der Waals surface area contributed by atoms with E-state index in [0.717, 1.165) is 22.8 Å². The number of carbonyl (C=O) groups is 1. The minimum absolute atomic E-state index is 0.0815. The van der Waals surface area contributed by atoms with Crippen LogP contribution >= 0.6 is 0 Å². The van der Waals surface area contributed by atoms with Crippen molar-refractivity contribution in [1.82, 2.24) is 14.7 Å². The number of hydrogen-bond acceptors (Lipinski definition) is 5. The van der Waals surface area contributed by atoms with Gasteiger partial charge in [-0.2, -0.15) is 5.10 Å². The minimum atomic E-state index is -3.20. The zero-order valence-electron chi connectivity index (χ0n) is 15.3. The first-order valence-electron chi connectivity index (χ1n) is 8.37. The van der Waals surface area contributed by atoms with Crippen LogP contribution in [-0.2, 0) is 28.2 Å². The molecule has 0 bridgehead atoms. The molecule has 0 aliphatic heterocycles. The van der Waals surface area contributed by atoms with Crippen molar-refractivity contribution in [2.24, 2.45) is 7.05 Å². The van der Waals surface area contributed by atoms with Gasteiger partial charge in [0, 0.05) is 43.5 Å². The number of aryl methyl sites for hydroxylation is 1. The van der Waals surface area contributed by atoms with E-state index in [0.29, 0.717) is 11.5 Å². The Bertz CT molecular complexity index is 1060. The van der Waals surface area contributed by atoms with Gasteiger partial charge in [-0.15, -0.1) is 0 Å². The van der Waals surface area contributed by atoms with E-state index >= 15 is 0 Å². The molecule has 1 amide bonds. The topological polar surface area (TPSA) is 85.4 Å². The van der Waals surface area contributed by atoms with E-state index in [1.165, 1.54) is 11.0 Å². The van der Waals surface area contributed by atoms with Crippen LogP contribution in [0.3, 0.4) is 0 Å². The number of fused-ring (bicyclic) bond motifs is 1. The van der Waals surface area contributed by atoms with Gasteiger partial charge in [-0.1, -0.05) is 24.8 Å². The van der Waals surface area contributed by atoms with Crippen molar-refractivity contribution in [3.63, 3.8) is 0 Å². The summed E-state index contributed by atoms with van der Waals surface area (Å²) < 4.78 is 30.5. The molecule has 1 aromatic carbocycles. The van der Waals surface area contributed by atoms with Crippen molar-refractivity contribution in [3.05, 3.63) is 54.7 Å². The maximum Gasteiger partial charge on any atom is 0.246 e. The third-order valence-electron chi connectivity index (χ3n) is 4.14. The zero-order chi connectivity index (χ0) is 19.6. The second-order valence-corrected chi connectivity index (χ2v) is 8.68. The van der Waals surface area contributed by atoms with Crippen LogP contribution in [0, 0.1) is 0 Å². The number of benzene rings is 1. The lowest BCUT2D eigenvalue weighted by molar-refractivity contribution is -0.126. The molecule has 0 unspecified atom stereocenters. The lowest BCUT2D eigenvalue weighted by atomic mass is 10.1. The Kier molecular flexibility index (Phi) is 5.18. The SMILES string of the molecule is C=CC(=O)N(CCS(C)(=O)=O)Cc1cn(C)nc1-c1cc2ccccc2o1. The summed E-state index contributed by atoms with van der Waals surface area (Å²) >= 11 is 0. The fraction of sp³-hybridized carbons (Fsp3) is 0.263. The molecule has 0 fully saturated rings. The highest BCUT2D eigenvalue weighted by atomic mass is 32.2. The number of furan rings is 1. The Morgan fingerprint density at radius 3 is 2.78 bits per heavy atom. The van der Waals surface area contributed by atoms with Crippen molar-refractivity contribution >= 4 is 26.7 Å². The van der Waals surface area contributed by atoms with Gasteiger partial charge in [-0.3, -0.25) is 9.48 Å². The van der Waals surface area contributed by atoms with E-state index in [-0.39, 0.29) is 24.7 Å². The van der Waals surface area contributed by atoms with Crippen LogP contribution in [0.4, 0.5) is 0 Å². The van der Waals surface area contributed by atoms with Crippen molar-refractivity contribution in [2.45, 2.75) is 6.54 Å². The molecular formula is C19H21N3O4S. The number of para-hydroxylation sites is 1. The number of nitrogens with zero attached hydrogens (tertiary/aromatic N) is 3. The average Bonchev–Trinajstić information content (AvgIpc) is 3.19. The molecule has 27 heavy (non-hydrogen) atoms. The number of aromatic nitrogens is 2. The highest BCUT2D eigenvalue weighted by Crippen LogP contribution is 2.29. The second-order valence-electron chi connectivity index (χ2n) is 6.42. The number of carbonyl (C=O) groups excluding carboxylic acids is 1. The van der Waals surface area contributed by atoms with Gasteiger partial charge in [0.05, 0.1) is 5.75 Å². The van der Waals surface area contributed by atoms with Gasteiger partial charge < -0.3 is 9.32 Å². The predicted octanol–water partition coefficient (Wildman–Crippen LogP) is 2.39. The Morgan fingerprint density at radius 2 is 2.11 bits per heavy atom. The van der Waals surface area contributed by atoms with Gasteiger partial charge in [-0.05, 0) is 18.2 Å². The fourth-order valence-electron chi connectivity index (χ4n) is 2.84. The van der Waals surface area contributed by atoms with E-state index in [9.17, 15) is 13.2 Å². The van der Waals surface area contributed by atoms with Crippen LogP contribution in [0.2, 0.25) is 0 Å². The molecule has 0 saturated heterocycles. The summed E-state index contributed by atoms with van der Waals surface area (Å²) in [6.45, 7) is 3.79. The van der Waals surface area contributed by atoms with Crippen LogP contribution in [0.5, 0.6) is 0 Å². The molecule has 3 rings (SSSR count). The number of rotatable bonds is 7. The molecule has 8 heteroatoms. The van der Waals surface area contributed by atoms with Gasteiger partial charge in [-0.25, -0.2) is 8.42 Å². The van der Waals surface area contributed by atoms with E-state index < -0.39 is 9.84 Å². The molecule has 0 N–H and O–H groups in total. The maximum absolute atomic E-state index is 12.2. The molecule has 0 saturated carbocycles. The minimum Gasteiger partial charge on any atom is -0.454 e. The third kappa shape index (κ3) is 4.46. The monoisotopic (exact) mass is 387 g/mol. The molecule has 0 radical (unpaired) electrons. The largest absolute Gasteiger partial charge is 0.454 e.